The number of carbonyl (C=O) groups excluding carboxylic acids is 1. The molecule has 2 rings (SSSR count). The smallest absolute Gasteiger partial charge is 0.240 e. The van der Waals surface area contributed by atoms with Gasteiger partial charge < -0.3 is 10.1 Å². The van der Waals surface area contributed by atoms with Crippen LogP contribution in [0.25, 0.3) is 0 Å². The number of hydrogen-bond donors (Lipinski definition) is 2. The van der Waals surface area contributed by atoms with Crippen LogP contribution in [0.15, 0.2) is 47.4 Å². The second kappa shape index (κ2) is 8.77. The standard InChI is InChI=1S/C18H21FN2O4S/c1-13-10-16(25-2)6-7-17(13)26(23,24)21-9-8-20-18(22)12-14-4-3-5-15(19)11-14/h3-7,10-11,21H,8-9,12H2,1-2H3,(H,20,22). The largest absolute Gasteiger partial charge is 0.497 e. The molecule has 0 heterocycles. The first-order valence-corrected chi connectivity index (χ1v) is 9.45. The molecule has 8 heteroatoms. The van der Waals surface area contributed by atoms with Gasteiger partial charge in [0.15, 0.2) is 0 Å². The first-order valence-electron chi connectivity index (χ1n) is 7.97. The Bertz CT molecular complexity index is 885. The Morgan fingerprint density at radius 1 is 1.15 bits per heavy atom. The predicted molar refractivity (Wildman–Crippen MR) is 96.0 cm³/mol. The molecular weight excluding hydrogens is 359 g/mol. The molecule has 1 amide bonds. The molecule has 140 valence electrons. The van der Waals surface area contributed by atoms with E-state index in [-0.39, 0.29) is 30.3 Å². The maximum absolute atomic E-state index is 13.1. The van der Waals surface area contributed by atoms with Crippen molar-refractivity contribution in [1.29, 1.82) is 0 Å². The summed E-state index contributed by atoms with van der Waals surface area (Å²) in [6.07, 6.45) is 0.0299. The van der Waals surface area contributed by atoms with Crippen LogP contribution in [0.3, 0.4) is 0 Å². The van der Waals surface area contributed by atoms with Crippen molar-refractivity contribution in [3.05, 3.63) is 59.4 Å². The fraction of sp³-hybridized carbons (Fsp3) is 0.278. The molecule has 26 heavy (non-hydrogen) atoms. The van der Waals surface area contributed by atoms with Crippen LogP contribution in [-0.4, -0.2) is 34.5 Å². The average Bonchev–Trinajstić information content (AvgIpc) is 2.58. The van der Waals surface area contributed by atoms with E-state index in [0.29, 0.717) is 16.9 Å². The van der Waals surface area contributed by atoms with Gasteiger partial charge in [-0.15, -0.1) is 0 Å². The van der Waals surface area contributed by atoms with Crippen LogP contribution in [0.4, 0.5) is 4.39 Å². The van der Waals surface area contributed by atoms with Gasteiger partial charge in [0.2, 0.25) is 15.9 Å². The number of benzene rings is 2. The normalized spacial score (nSPS) is 11.2. The van der Waals surface area contributed by atoms with Crippen LogP contribution in [0.1, 0.15) is 11.1 Å². The summed E-state index contributed by atoms with van der Waals surface area (Å²) in [5.41, 5.74) is 1.11. The molecule has 0 atom stereocenters. The molecule has 0 saturated carbocycles. The molecule has 2 N–H and O–H groups in total. The highest BCUT2D eigenvalue weighted by atomic mass is 32.2. The lowest BCUT2D eigenvalue weighted by atomic mass is 10.1. The van der Waals surface area contributed by atoms with Crippen molar-refractivity contribution in [2.75, 3.05) is 20.2 Å². The van der Waals surface area contributed by atoms with Crippen LogP contribution >= 0.6 is 0 Å². The van der Waals surface area contributed by atoms with Crippen molar-refractivity contribution in [3.63, 3.8) is 0 Å². The fourth-order valence-electron chi connectivity index (χ4n) is 2.41. The SMILES string of the molecule is COc1ccc(S(=O)(=O)NCCNC(=O)Cc2cccc(F)c2)c(C)c1. The van der Waals surface area contributed by atoms with E-state index in [2.05, 4.69) is 10.0 Å². The number of halogens is 1. The van der Waals surface area contributed by atoms with Gasteiger partial charge in [0.05, 0.1) is 18.4 Å². The fourth-order valence-corrected chi connectivity index (χ4v) is 3.67. The molecule has 2 aromatic carbocycles. The van der Waals surface area contributed by atoms with E-state index in [9.17, 15) is 17.6 Å². The van der Waals surface area contributed by atoms with Gasteiger partial charge in [-0.05, 0) is 48.4 Å². The lowest BCUT2D eigenvalue weighted by molar-refractivity contribution is -0.120. The van der Waals surface area contributed by atoms with Gasteiger partial charge in [0.25, 0.3) is 0 Å². The summed E-state index contributed by atoms with van der Waals surface area (Å²) in [6.45, 7) is 1.85. The Hall–Kier alpha value is -2.45. The van der Waals surface area contributed by atoms with E-state index in [4.69, 9.17) is 4.74 Å². The van der Waals surface area contributed by atoms with Crippen molar-refractivity contribution < 1.29 is 22.3 Å². The van der Waals surface area contributed by atoms with Crippen LogP contribution < -0.4 is 14.8 Å². The molecular formula is C18H21FN2O4S. The number of aryl methyl sites for hydroxylation is 1. The van der Waals surface area contributed by atoms with E-state index in [1.54, 1.807) is 25.1 Å². The van der Waals surface area contributed by atoms with Gasteiger partial charge in [-0.25, -0.2) is 17.5 Å². The van der Waals surface area contributed by atoms with Crippen molar-refractivity contribution in [2.24, 2.45) is 0 Å². The highest BCUT2D eigenvalue weighted by Crippen LogP contribution is 2.20. The van der Waals surface area contributed by atoms with Gasteiger partial charge in [-0.3, -0.25) is 4.79 Å². The number of nitrogens with one attached hydrogen (secondary N) is 2. The minimum Gasteiger partial charge on any atom is -0.497 e. The molecule has 0 aliphatic heterocycles. The van der Waals surface area contributed by atoms with E-state index in [1.807, 2.05) is 0 Å². The summed E-state index contributed by atoms with van der Waals surface area (Å²) in [5, 5.41) is 2.60. The third kappa shape index (κ3) is 5.53. The molecule has 0 spiro atoms. The van der Waals surface area contributed by atoms with Gasteiger partial charge in [-0.2, -0.15) is 0 Å². The Kier molecular flexibility index (Phi) is 6.70. The third-order valence-corrected chi connectivity index (χ3v) is 5.29. The lowest BCUT2D eigenvalue weighted by Crippen LogP contribution is -2.35. The van der Waals surface area contributed by atoms with Crippen molar-refractivity contribution >= 4 is 15.9 Å². The minimum absolute atomic E-state index is 0.0299. The average molecular weight is 380 g/mol. The summed E-state index contributed by atoms with van der Waals surface area (Å²) >= 11 is 0. The third-order valence-electron chi connectivity index (χ3n) is 3.66. The summed E-state index contributed by atoms with van der Waals surface area (Å²) in [6, 6.07) is 10.4. The molecule has 0 saturated heterocycles. The molecule has 0 aliphatic rings. The number of hydrogen-bond acceptors (Lipinski definition) is 4. The summed E-state index contributed by atoms with van der Waals surface area (Å²) < 4.78 is 45.2. The molecule has 0 fully saturated rings. The van der Waals surface area contributed by atoms with Crippen molar-refractivity contribution in [2.45, 2.75) is 18.2 Å². The number of sulfonamides is 1. The molecule has 0 aliphatic carbocycles. The Labute approximate surface area is 152 Å². The van der Waals surface area contributed by atoms with E-state index < -0.39 is 15.8 Å². The highest BCUT2D eigenvalue weighted by molar-refractivity contribution is 7.89. The van der Waals surface area contributed by atoms with Crippen molar-refractivity contribution in [1.82, 2.24) is 10.0 Å². The molecule has 6 nitrogen and oxygen atoms in total. The van der Waals surface area contributed by atoms with E-state index >= 15 is 0 Å². The molecule has 0 radical (unpaired) electrons. The van der Waals surface area contributed by atoms with Crippen LogP contribution in [-0.2, 0) is 21.2 Å². The maximum atomic E-state index is 13.1. The topological polar surface area (TPSA) is 84.5 Å². The van der Waals surface area contributed by atoms with Gasteiger partial charge >= 0.3 is 0 Å². The van der Waals surface area contributed by atoms with E-state index in [0.717, 1.165) is 0 Å². The zero-order valence-electron chi connectivity index (χ0n) is 14.6. The summed E-state index contributed by atoms with van der Waals surface area (Å²) in [4.78, 5) is 12.0. The first-order chi connectivity index (χ1) is 12.3. The molecule has 0 unspecified atom stereocenters. The minimum atomic E-state index is -3.68. The number of rotatable bonds is 8. The summed E-state index contributed by atoms with van der Waals surface area (Å²) in [5.74, 6) is -0.139. The van der Waals surface area contributed by atoms with Gasteiger partial charge in [-0.1, -0.05) is 12.1 Å². The maximum Gasteiger partial charge on any atom is 0.240 e. The number of ether oxygens (including phenoxy) is 1. The van der Waals surface area contributed by atoms with Crippen molar-refractivity contribution in [3.8, 4) is 5.75 Å². The zero-order valence-corrected chi connectivity index (χ0v) is 15.4. The predicted octanol–water partition coefficient (Wildman–Crippen LogP) is 1.78. The van der Waals surface area contributed by atoms with E-state index in [1.165, 1.54) is 31.4 Å². The van der Waals surface area contributed by atoms with Gasteiger partial charge in [0.1, 0.15) is 11.6 Å². The highest BCUT2D eigenvalue weighted by Gasteiger charge is 2.16. The number of methoxy groups -OCH3 is 1. The molecule has 0 bridgehead atoms. The first kappa shape index (κ1) is 19.9. The Balaban J connectivity index is 1.84. The number of amides is 1. The monoisotopic (exact) mass is 380 g/mol. The molecule has 0 aromatic heterocycles. The van der Waals surface area contributed by atoms with Gasteiger partial charge in [0, 0.05) is 13.1 Å². The lowest BCUT2D eigenvalue weighted by Gasteiger charge is -2.11. The Morgan fingerprint density at radius 2 is 1.92 bits per heavy atom. The second-order valence-electron chi connectivity index (χ2n) is 5.69. The quantitative estimate of drug-likeness (QED) is 0.684. The molecule has 2 aromatic rings. The Morgan fingerprint density at radius 3 is 2.58 bits per heavy atom. The number of carbonyl (C=O) groups is 1. The second-order valence-corrected chi connectivity index (χ2v) is 7.42. The summed E-state index contributed by atoms with van der Waals surface area (Å²) in [7, 11) is -2.18. The van der Waals surface area contributed by atoms with Crippen LogP contribution in [0.5, 0.6) is 5.75 Å². The van der Waals surface area contributed by atoms with Crippen LogP contribution in [0.2, 0.25) is 0 Å². The zero-order chi connectivity index (χ0) is 19.2. The van der Waals surface area contributed by atoms with Crippen LogP contribution in [0, 0.1) is 12.7 Å².